The molecule has 0 aromatic rings. The third kappa shape index (κ3) is 3.17. The molecule has 92 valence electrons. The lowest BCUT2D eigenvalue weighted by molar-refractivity contribution is -0.147. The van der Waals surface area contributed by atoms with Gasteiger partial charge in [-0.2, -0.15) is 8.42 Å². The zero-order valence-electron chi connectivity index (χ0n) is 8.27. The predicted octanol–water partition coefficient (Wildman–Crippen LogP) is -0.331. The molecule has 1 rings (SSSR count). The molecule has 8 heteroatoms. The molecule has 1 aliphatic rings. The van der Waals surface area contributed by atoms with Crippen LogP contribution in [0.2, 0.25) is 0 Å². The van der Waals surface area contributed by atoms with Crippen LogP contribution >= 0.6 is 0 Å². The highest BCUT2D eigenvalue weighted by atomic mass is 32.2. The Labute approximate surface area is 92.1 Å². The van der Waals surface area contributed by atoms with E-state index in [1.807, 2.05) is 0 Å². The van der Waals surface area contributed by atoms with Crippen LogP contribution < -0.4 is 0 Å². The molecule has 0 aliphatic heterocycles. The molecule has 0 amide bonds. The Morgan fingerprint density at radius 1 is 1.31 bits per heavy atom. The minimum atomic E-state index is -4.30. The van der Waals surface area contributed by atoms with E-state index in [-0.39, 0.29) is 25.7 Å². The van der Waals surface area contributed by atoms with Crippen molar-refractivity contribution < 1.29 is 32.4 Å². The maximum Gasteiger partial charge on any atom is 0.306 e. The van der Waals surface area contributed by atoms with E-state index < -0.39 is 33.4 Å². The van der Waals surface area contributed by atoms with Gasteiger partial charge in [-0.25, -0.2) is 0 Å². The maximum absolute atomic E-state index is 10.9. The monoisotopic (exact) mass is 252 g/mol. The fourth-order valence-corrected chi connectivity index (χ4v) is 2.78. The summed E-state index contributed by atoms with van der Waals surface area (Å²) in [5.74, 6) is -2.08. The van der Waals surface area contributed by atoms with Crippen molar-refractivity contribution in [2.45, 2.75) is 30.6 Å². The standard InChI is InChI=1S/C8H12O7S/c9-4-15-6-1-5(8(10)11)2-7(3-6)16(12,13)14/h4-7H,1-3H2,(H,10,11)(H,12,13,14). The van der Waals surface area contributed by atoms with Crippen LogP contribution in [0.25, 0.3) is 0 Å². The summed E-state index contributed by atoms with van der Waals surface area (Å²) in [4.78, 5) is 20.9. The molecule has 0 aromatic heterocycles. The van der Waals surface area contributed by atoms with Crippen molar-refractivity contribution in [3.63, 3.8) is 0 Å². The smallest absolute Gasteiger partial charge is 0.306 e. The molecule has 16 heavy (non-hydrogen) atoms. The fraction of sp³-hybridized carbons (Fsp3) is 0.750. The zero-order chi connectivity index (χ0) is 12.3. The van der Waals surface area contributed by atoms with E-state index >= 15 is 0 Å². The van der Waals surface area contributed by atoms with Crippen LogP contribution in [0.3, 0.4) is 0 Å². The first-order valence-corrected chi connectivity index (χ1v) is 6.13. The molecule has 1 fully saturated rings. The third-order valence-corrected chi connectivity index (χ3v) is 3.87. The molecule has 7 nitrogen and oxygen atoms in total. The Bertz CT molecular complexity index is 374. The first-order chi connectivity index (χ1) is 7.34. The normalized spacial score (nSPS) is 30.7. The van der Waals surface area contributed by atoms with Crippen LogP contribution in [0, 0.1) is 5.92 Å². The average Bonchev–Trinajstić information content (AvgIpc) is 2.16. The van der Waals surface area contributed by atoms with Crippen LogP contribution in [-0.2, 0) is 24.4 Å². The summed E-state index contributed by atoms with van der Waals surface area (Å²) < 4.78 is 35.3. The molecule has 0 heterocycles. The van der Waals surface area contributed by atoms with Crippen LogP contribution in [0.4, 0.5) is 0 Å². The lowest BCUT2D eigenvalue weighted by atomic mass is 9.87. The van der Waals surface area contributed by atoms with Crippen molar-refractivity contribution in [1.82, 2.24) is 0 Å². The molecule has 0 bridgehead atoms. The summed E-state index contributed by atoms with van der Waals surface area (Å²) >= 11 is 0. The molecule has 3 atom stereocenters. The predicted molar refractivity (Wildman–Crippen MR) is 51.3 cm³/mol. The lowest BCUT2D eigenvalue weighted by Crippen LogP contribution is -2.38. The SMILES string of the molecule is O=COC1CC(C(=O)O)CC(S(=O)(=O)O)C1. The Kier molecular flexibility index (Phi) is 3.87. The molecule has 1 saturated carbocycles. The van der Waals surface area contributed by atoms with E-state index in [0.29, 0.717) is 0 Å². The van der Waals surface area contributed by atoms with Crippen molar-refractivity contribution in [2.24, 2.45) is 5.92 Å². The second kappa shape index (κ2) is 4.79. The highest BCUT2D eigenvalue weighted by molar-refractivity contribution is 7.86. The van der Waals surface area contributed by atoms with Crippen LogP contribution in [0.15, 0.2) is 0 Å². The Hall–Kier alpha value is -1.15. The summed E-state index contributed by atoms with van der Waals surface area (Å²) in [6.07, 6.45) is -0.937. The highest BCUT2D eigenvalue weighted by Gasteiger charge is 2.39. The number of rotatable bonds is 4. The molecule has 2 N–H and O–H groups in total. The first kappa shape index (κ1) is 12.9. The Morgan fingerprint density at radius 2 is 1.94 bits per heavy atom. The zero-order valence-corrected chi connectivity index (χ0v) is 9.09. The van der Waals surface area contributed by atoms with Gasteiger partial charge in [0.15, 0.2) is 0 Å². The number of carboxylic acids is 1. The molecule has 3 unspecified atom stereocenters. The third-order valence-electron chi connectivity index (χ3n) is 2.64. The molecular weight excluding hydrogens is 240 g/mol. The van der Waals surface area contributed by atoms with E-state index in [4.69, 9.17) is 9.66 Å². The van der Waals surface area contributed by atoms with E-state index in [0.717, 1.165) is 0 Å². The fourth-order valence-electron chi connectivity index (χ4n) is 1.85. The van der Waals surface area contributed by atoms with Gasteiger partial charge in [-0.05, 0) is 12.8 Å². The number of ether oxygens (including phenoxy) is 1. The number of aliphatic carboxylic acids is 1. The summed E-state index contributed by atoms with van der Waals surface area (Å²) in [6.45, 7) is 0.149. The van der Waals surface area contributed by atoms with Crippen molar-refractivity contribution in [3.05, 3.63) is 0 Å². The number of hydrogen-bond acceptors (Lipinski definition) is 5. The maximum atomic E-state index is 10.9. The van der Waals surface area contributed by atoms with Crippen LogP contribution in [0.1, 0.15) is 19.3 Å². The minimum Gasteiger partial charge on any atom is -0.481 e. The van der Waals surface area contributed by atoms with Crippen molar-refractivity contribution in [3.8, 4) is 0 Å². The van der Waals surface area contributed by atoms with E-state index in [1.54, 1.807) is 0 Å². The highest BCUT2D eigenvalue weighted by Crippen LogP contribution is 2.30. The Morgan fingerprint density at radius 3 is 2.38 bits per heavy atom. The number of carbonyl (C=O) groups excluding carboxylic acids is 1. The van der Waals surface area contributed by atoms with Crippen molar-refractivity contribution in [1.29, 1.82) is 0 Å². The van der Waals surface area contributed by atoms with Gasteiger partial charge in [0.25, 0.3) is 16.6 Å². The van der Waals surface area contributed by atoms with Gasteiger partial charge in [0.05, 0.1) is 11.2 Å². The summed E-state index contributed by atoms with van der Waals surface area (Å²) in [7, 11) is -4.30. The summed E-state index contributed by atoms with van der Waals surface area (Å²) in [5.41, 5.74) is 0. The van der Waals surface area contributed by atoms with Gasteiger partial charge in [0.1, 0.15) is 6.10 Å². The van der Waals surface area contributed by atoms with Crippen LogP contribution in [0.5, 0.6) is 0 Å². The lowest BCUT2D eigenvalue weighted by Gasteiger charge is -2.29. The largest absolute Gasteiger partial charge is 0.481 e. The number of hydrogen-bond donors (Lipinski definition) is 2. The quantitative estimate of drug-likeness (QED) is 0.519. The molecular formula is C8H12O7S. The second-order valence-corrected chi connectivity index (χ2v) is 5.43. The number of carboxylic acid groups (broad SMARTS) is 1. The van der Waals surface area contributed by atoms with E-state index in [1.165, 1.54) is 0 Å². The van der Waals surface area contributed by atoms with Gasteiger partial charge in [-0.15, -0.1) is 0 Å². The average molecular weight is 252 g/mol. The van der Waals surface area contributed by atoms with Gasteiger partial charge < -0.3 is 9.84 Å². The molecule has 0 saturated heterocycles. The first-order valence-electron chi connectivity index (χ1n) is 4.62. The van der Waals surface area contributed by atoms with Crippen molar-refractivity contribution >= 4 is 22.6 Å². The summed E-state index contributed by atoms with van der Waals surface area (Å²) in [6, 6.07) is 0. The molecule has 0 spiro atoms. The van der Waals surface area contributed by atoms with Crippen LogP contribution in [-0.4, -0.2) is 41.9 Å². The second-order valence-electron chi connectivity index (χ2n) is 3.73. The number of carbonyl (C=O) groups is 2. The minimum absolute atomic E-state index is 0.0681. The van der Waals surface area contributed by atoms with Gasteiger partial charge in [-0.1, -0.05) is 0 Å². The van der Waals surface area contributed by atoms with E-state index in [2.05, 4.69) is 4.74 Å². The molecule has 1 aliphatic carbocycles. The molecule has 0 radical (unpaired) electrons. The Balaban J connectivity index is 2.82. The van der Waals surface area contributed by atoms with E-state index in [9.17, 15) is 18.0 Å². The summed E-state index contributed by atoms with van der Waals surface area (Å²) in [5, 5.41) is 7.60. The van der Waals surface area contributed by atoms with Crippen molar-refractivity contribution in [2.75, 3.05) is 0 Å². The molecule has 0 aromatic carbocycles. The van der Waals surface area contributed by atoms with Gasteiger partial charge in [0.2, 0.25) is 0 Å². The van der Waals surface area contributed by atoms with Gasteiger partial charge >= 0.3 is 5.97 Å². The van der Waals surface area contributed by atoms with Gasteiger partial charge in [0, 0.05) is 6.42 Å². The topological polar surface area (TPSA) is 118 Å². The van der Waals surface area contributed by atoms with Gasteiger partial charge in [-0.3, -0.25) is 14.1 Å².